The lowest BCUT2D eigenvalue weighted by molar-refractivity contribution is 0.600. The molecule has 140 valence electrons. The number of fused-ring (bicyclic) bond motifs is 1. The lowest BCUT2D eigenvalue weighted by Crippen LogP contribution is -2.13. The van der Waals surface area contributed by atoms with Gasteiger partial charge in [-0.1, -0.05) is 6.07 Å². The van der Waals surface area contributed by atoms with Crippen LogP contribution in [0.4, 0.5) is 5.69 Å². The van der Waals surface area contributed by atoms with Gasteiger partial charge in [-0.05, 0) is 25.5 Å². The highest BCUT2D eigenvalue weighted by atomic mass is 32.2. The van der Waals surface area contributed by atoms with Gasteiger partial charge in [0.15, 0.2) is 0 Å². The van der Waals surface area contributed by atoms with E-state index >= 15 is 0 Å². The Bertz CT molecular complexity index is 1330. The SMILES string of the molecule is Cc1sc(S(=O)(=O)Nc2ccc(C)c3c(C#N)c[nH]c23)nc1-c1cncnc1. The Hall–Kier alpha value is -3.29. The van der Waals surface area contributed by atoms with Crippen molar-refractivity contribution in [2.75, 3.05) is 4.72 Å². The molecule has 0 aliphatic carbocycles. The van der Waals surface area contributed by atoms with Gasteiger partial charge in [0, 0.05) is 34.4 Å². The predicted octanol–water partition coefficient (Wildman–Crippen LogP) is 3.37. The van der Waals surface area contributed by atoms with E-state index in [2.05, 4.69) is 30.7 Å². The van der Waals surface area contributed by atoms with Crippen LogP contribution in [0, 0.1) is 25.2 Å². The molecular formula is C18H14N6O2S2. The molecule has 0 fully saturated rings. The van der Waals surface area contributed by atoms with Crippen molar-refractivity contribution in [1.29, 1.82) is 5.26 Å². The maximum absolute atomic E-state index is 12.9. The van der Waals surface area contributed by atoms with E-state index in [9.17, 15) is 13.7 Å². The second-order valence-electron chi connectivity index (χ2n) is 6.11. The first kappa shape index (κ1) is 18.1. The number of sulfonamides is 1. The van der Waals surface area contributed by atoms with Crippen LogP contribution in [0.2, 0.25) is 0 Å². The zero-order chi connectivity index (χ0) is 19.9. The van der Waals surface area contributed by atoms with E-state index < -0.39 is 10.0 Å². The Morgan fingerprint density at radius 2 is 1.96 bits per heavy atom. The molecule has 0 aliphatic heterocycles. The number of aryl methyl sites for hydroxylation is 2. The summed E-state index contributed by atoms with van der Waals surface area (Å²) >= 11 is 1.07. The summed E-state index contributed by atoms with van der Waals surface area (Å²) in [7, 11) is -3.91. The molecule has 0 spiro atoms. The normalized spacial score (nSPS) is 11.5. The third-order valence-electron chi connectivity index (χ3n) is 4.25. The first-order valence-corrected chi connectivity index (χ1v) is 10.5. The van der Waals surface area contributed by atoms with Crippen LogP contribution >= 0.6 is 11.3 Å². The smallest absolute Gasteiger partial charge is 0.289 e. The lowest BCUT2D eigenvalue weighted by atomic mass is 10.1. The van der Waals surface area contributed by atoms with Crippen molar-refractivity contribution in [3.05, 3.63) is 53.1 Å². The molecule has 0 saturated heterocycles. The number of benzene rings is 1. The summed E-state index contributed by atoms with van der Waals surface area (Å²) in [6.45, 7) is 3.67. The molecule has 0 unspecified atom stereocenters. The molecule has 0 amide bonds. The van der Waals surface area contributed by atoms with Crippen LogP contribution in [0.5, 0.6) is 0 Å². The summed E-state index contributed by atoms with van der Waals surface area (Å²) < 4.78 is 28.4. The van der Waals surface area contributed by atoms with Gasteiger partial charge in [0.25, 0.3) is 10.0 Å². The monoisotopic (exact) mass is 410 g/mol. The minimum atomic E-state index is -3.91. The predicted molar refractivity (Wildman–Crippen MR) is 106 cm³/mol. The number of thiazole rings is 1. The fourth-order valence-corrected chi connectivity index (χ4v) is 5.31. The standard InChI is InChI=1S/C18H14N6O2S2/c1-10-3-4-14(17-15(10)12(5-19)8-22-17)24-28(25,26)18-23-16(11(2)27-18)13-6-20-9-21-7-13/h3-4,6-9,22,24H,1-2H3. The van der Waals surface area contributed by atoms with Gasteiger partial charge in [-0.15, -0.1) is 11.3 Å². The number of nitrogens with zero attached hydrogens (tertiary/aromatic N) is 4. The van der Waals surface area contributed by atoms with Crippen LogP contribution in [0.25, 0.3) is 22.2 Å². The maximum Gasteiger partial charge on any atom is 0.289 e. The second-order valence-corrected chi connectivity index (χ2v) is 9.17. The third kappa shape index (κ3) is 3.00. The maximum atomic E-state index is 12.9. The van der Waals surface area contributed by atoms with E-state index in [1.807, 2.05) is 6.92 Å². The molecule has 0 saturated carbocycles. The van der Waals surface area contributed by atoms with Gasteiger partial charge in [-0.25, -0.2) is 15.0 Å². The Morgan fingerprint density at radius 3 is 2.68 bits per heavy atom. The Kier molecular flexibility index (Phi) is 4.33. The Balaban J connectivity index is 1.76. The van der Waals surface area contributed by atoms with Crippen molar-refractivity contribution in [1.82, 2.24) is 19.9 Å². The first-order valence-electron chi connectivity index (χ1n) is 8.17. The molecule has 3 heterocycles. The molecule has 0 aliphatic rings. The van der Waals surface area contributed by atoms with E-state index in [4.69, 9.17) is 0 Å². The fraction of sp³-hybridized carbons (Fsp3) is 0.111. The zero-order valence-corrected chi connectivity index (χ0v) is 16.5. The molecule has 8 nitrogen and oxygen atoms in total. The van der Waals surface area contributed by atoms with Crippen molar-refractivity contribution in [2.45, 2.75) is 18.2 Å². The average molecular weight is 410 g/mol. The Morgan fingerprint density at radius 1 is 1.21 bits per heavy atom. The molecule has 4 aromatic rings. The van der Waals surface area contributed by atoms with Crippen molar-refractivity contribution in [3.8, 4) is 17.3 Å². The number of aromatic nitrogens is 4. The van der Waals surface area contributed by atoms with E-state index in [0.717, 1.165) is 21.8 Å². The quantitative estimate of drug-likeness (QED) is 0.531. The number of nitriles is 1. The van der Waals surface area contributed by atoms with E-state index in [1.54, 1.807) is 37.6 Å². The van der Waals surface area contributed by atoms with Crippen LogP contribution in [0.15, 0.2) is 41.4 Å². The molecule has 0 atom stereocenters. The highest BCUT2D eigenvalue weighted by molar-refractivity contribution is 7.94. The average Bonchev–Trinajstić information content (AvgIpc) is 3.29. The highest BCUT2D eigenvalue weighted by Gasteiger charge is 2.23. The minimum Gasteiger partial charge on any atom is -0.358 e. The fourth-order valence-electron chi connectivity index (χ4n) is 2.96. The molecule has 10 heteroatoms. The van der Waals surface area contributed by atoms with Crippen molar-refractivity contribution in [2.24, 2.45) is 0 Å². The molecule has 0 radical (unpaired) electrons. The number of H-pyrrole nitrogens is 1. The molecular weight excluding hydrogens is 396 g/mol. The van der Waals surface area contributed by atoms with Gasteiger partial charge in [0.2, 0.25) is 4.34 Å². The molecule has 2 N–H and O–H groups in total. The van der Waals surface area contributed by atoms with E-state index in [1.165, 1.54) is 6.33 Å². The third-order valence-corrected chi connectivity index (χ3v) is 6.96. The zero-order valence-electron chi connectivity index (χ0n) is 14.9. The van der Waals surface area contributed by atoms with Gasteiger partial charge in [0.1, 0.15) is 12.4 Å². The van der Waals surface area contributed by atoms with Crippen LogP contribution < -0.4 is 4.72 Å². The number of nitrogens with one attached hydrogen (secondary N) is 2. The van der Waals surface area contributed by atoms with Crippen LogP contribution in [-0.2, 0) is 10.0 Å². The molecule has 4 rings (SSSR count). The molecule has 1 aromatic carbocycles. The second kappa shape index (κ2) is 6.70. The van der Waals surface area contributed by atoms with Crippen molar-refractivity contribution < 1.29 is 8.42 Å². The number of hydrogen-bond acceptors (Lipinski definition) is 7. The van der Waals surface area contributed by atoms with Crippen LogP contribution in [-0.4, -0.2) is 28.4 Å². The van der Waals surface area contributed by atoms with Crippen molar-refractivity contribution in [3.63, 3.8) is 0 Å². The summed E-state index contributed by atoms with van der Waals surface area (Å²) in [4.78, 5) is 15.9. The highest BCUT2D eigenvalue weighted by Crippen LogP contribution is 2.33. The van der Waals surface area contributed by atoms with Crippen LogP contribution in [0.3, 0.4) is 0 Å². The summed E-state index contributed by atoms with van der Waals surface area (Å²) in [5.41, 5.74) is 3.45. The molecule has 28 heavy (non-hydrogen) atoms. The number of anilines is 1. The topological polar surface area (TPSA) is 124 Å². The number of aromatic amines is 1. The summed E-state index contributed by atoms with van der Waals surface area (Å²) in [6, 6.07) is 5.55. The van der Waals surface area contributed by atoms with Gasteiger partial charge >= 0.3 is 0 Å². The summed E-state index contributed by atoms with van der Waals surface area (Å²) in [5, 5.41) is 9.96. The number of rotatable bonds is 4. The van der Waals surface area contributed by atoms with Crippen molar-refractivity contribution >= 4 is 38.0 Å². The van der Waals surface area contributed by atoms with Gasteiger partial charge in [0.05, 0.1) is 22.5 Å². The molecule has 0 bridgehead atoms. The van der Waals surface area contributed by atoms with Gasteiger partial charge in [-0.3, -0.25) is 4.72 Å². The van der Waals surface area contributed by atoms with Gasteiger partial charge in [-0.2, -0.15) is 13.7 Å². The Labute approximate surface area is 165 Å². The minimum absolute atomic E-state index is 0.0513. The van der Waals surface area contributed by atoms with E-state index in [-0.39, 0.29) is 4.34 Å². The largest absolute Gasteiger partial charge is 0.358 e. The first-order chi connectivity index (χ1) is 13.4. The lowest BCUT2D eigenvalue weighted by Gasteiger charge is -2.08. The van der Waals surface area contributed by atoms with E-state index in [0.29, 0.717) is 33.4 Å². The van der Waals surface area contributed by atoms with Gasteiger partial charge < -0.3 is 4.98 Å². The summed E-state index contributed by atoms with van der Waals surface area (Å²) in [5.74, 6) is 0. The summed E-state index contributed by atoms with van der Waals surface area (Å²) in [6.07, 6.45) is 6.14. The molecule has 3 aromatic heterocycles. The van der Waals surface area contributed by atoms with Crippen LogP contribution in [0.1, 0.15) is 16.0 Å². The number of hydrogen-bond donors (Lipinski definition) is 2.